The van der Waals surface area contributed by atoms with E-state index in [0.29, 0.717) is 0 Å². The quantitative estimate of drug-likeness (QED) is 0.140. The number of hydrogen-bond acceptors (Lipinski definition) is 3. The van der Waals surface area contributed by atoms with E-state index in [4.69, 9.17) is 0 Å². The predicted molar refractivity (Wildman–Crippen MR) is 400 cm³/mol. The zero-order valence-corrected chi connectivity index (χ0v) is 58.5. The van der Waals surface area contributed by atoms with Crippen LogP contribution in [0.15, 0.2) is 212 Å². The summed E-state index contributed by atoms with van der Waals surface area (Å²) in [6.45, 7) is 45.1. The molecule has 0 saturated heterocycles. The number of nitrogens with zero attached hydrogens (tertiary/aromatic N) is 3. The topological polar surface area (TPSA) is 9.72 Å². The van der Waals surface area contributed by atoms with Gasteiger partial charge in [-0.2, -0.15) is 0 Å². The van der Waals surface area contributed by atoms with Crippen molar-refractivity contribution in [1.82, 2.24) is 0 Å². The minimum Gasteiger partial charge on any atom is -0.311 e. The zero-order valence-electron chi connectivity index (χ0n) is 58.5. The molecule has 10 aromatic rings. The van der Waals surface area contributed by atoms with E-state index in [1.54, 1.807) is 0 Å². The molecule has 0 atom stereocenters. The summed E-state index contributed by atoms with van der Waals surface area (Å²) >= 11 is 0. The fourth-order valence-corrected chi connectivity index (χ4v) is 14.8. The van der Waals surface area contributed by atoms with Crippen LogP contribution in [-0.4, -0.2) is 6.71 Å². The van der Waals surface area contributed by atoms with E-state index in [2.05, 4.69) is 359 Å². The summed E-state index contributed by atoms with van der Waals surface area (Å²) in [6.07, 6.45) is 2.23. The van der Waals surface area contributed by atoms with E-state index in [0.717, 1.165) is 41.3 Å². The predicted octanol–water partition coefficient (Wildman–Crippen LogP) is 23.1. The van der Waals surface area contributed by atoms with Crippen molar-refractivity contribution in [2.24, 2.45) is 0 Å². The summed E-state index contributed by atoms with van der Waals surface area (Å²) in [5.41, 5.74) is 30.4. The molecule has 0 N–H and O–H groups in total. The second-order valence-corrected chi connectivity index (χ2v) is 33.5. The molecule has 0 bridgehead atoms. The number of anilines is 9. The van der Waals surface area contributed by atoms with Crippen LogP contribution in [0.1, 0.15) is 183 Å². The highest BCUT2D eigenvalue weighted by Crippen LogP contribution is 2.55. The Morgan fingerprint density at radius 2 is 0.750 bits per heavy atom. The summed E-state index contributed by atoms with van der Waals surface area (Å²) in [6, 6.07) is 83.0. The van der Waals surface area contributed by atoms with Gasteiger partial charge in [0.05, 0.1) is 11.4 Å². The van der Waals surface area contributed by atoms with Gasteiger partial charge in [0.1, 0.15) is 0 Å². The average molecular weight is 1210 g/mol. The average Bonchev–Trinajstić information content (AvgIpc) is 0.687. The van der Waals surface area contributed by atoms with E-state index in [-0.39, 0.29) is 44.6 Å². The Bertz CT molecular complexity index is 4370. The number of fused-ring (bicyclic) bond motifs is 5. The molecule has 0 saturated carbocycles. The van der Waals surface area contributed by atoms with Crippen LogP contribution >= 0.6 is 0 Å². The maximum Gasteiger partial charge on any atom is 0.252 e. The molecule has 4 heteroatoms. The maximum absolute atomic E-state index is 2.75. The van der Waals surface area contributed by atoms with Gasteiger partial charge in [0, 0.05) is 45.4 Å². The molecule has 0 unspecified atom stereocenters. The van der Waals surface area contributed by atoms with Gasteiger partial charge in [-0.1, -0.05) is 253 Å². The fourth-order valence-electron chi connectivity index (χ4n) is 14.8. The van der Waals surface area contributed by atoms with Crippen molar-refractivity contribution in [1.29, 1.82) is 0 Å². The van der Waals surface area contributed by atoms with Crippen LogP contribution in [0.3, 0.4) is 0 Å². The van der Waals surface area contributed by atoms with Gasteiger partial charge >= 0.3 is 0 Å². The Labute approximate surface area is 552 Å². The zero-order chi connectivity index (χ0) is 65.4. The highest BCUT2D eigenvalue weighted by Gasteiger charge is 2.48. The molecule has 0 amide bonds. The lowest BCUT2D eigenvalue weighted by Crippen LogP contribution is -2.62. The maximum atomic E-state index is 2.75. The summed E-state index contributed by atoms with van der Waals surface area (Å²) in [5, 5.41) is 0. The summed E-state index contributed by atoms with van der Waals surface area (Å²) < 4.78 is 0. The Morgan fingerprint density at radius 3 is 1.27 bits per heavy atom. The van der Waals surface area contributed by atoms with Gasteiger partial charge in [-0.3, -0.25) is 0 Å². The van der Waals surface area contributed by atoms with Gasteiger partial charge in [0.2, 0.25) is 0 Å². The molecule has 0 radical (unpaired) electrons. The van der Waals surface area contributed by atoms with E-state index < -0.39 is 0 Å². The number of hydrogen-bond donors (Lipinski definition) is 0. The van der Waals surface area contributed by atoms with Crippen molar-refractivity contribution < 1.29 is 0 Å². The van der Waals surface area contributed by atoms with Crippen molar-refractivity contribution >= 4 is 74.3 Å². The van der Waals surface area contributed by atoms with E-state index in [1.807, 2.05) is 0 Å². The summed E-state index contributed by atoms with van der Waals surface area (Å²) in [5.74, 6) is 0. The minimum atomic E-state index is -0.146. The van der Waals surface area contributed by atoms with E-state index >= 15 is 0 Å². The summed E-state index contributed by atoms with van der Waals surface area (Å²) in [7, 11) is 0. The second kappa shape index (κ2) is 22.2. The standard InChI is InChI=1S/C88H96BN3/c1-82(2,3)62-33-26-36-67(48-62)90(68-37-27-34-63(49-68)83(4,5)6)70-53-79-81-80(54-70)92(76-42-40-65(85(10,11)12)51-71(76)61-46-59(57-29-22-20-23-30-57)45-60(47-61)58-31-24-21-25-32-58)78-56-73-72(87(16,17)43-44-88(73,18)19)55-75(78)89(81)74-41-39-66(86(13,14)15)52-77(74)91(79)69-38-28-35-64(50-69)84(7,8)9/h20-42,45-56H,43-44H2,1-19H3. The van der Waals surface area contributed by atoms with Crippen LogP contribution < -0.4 is 31.1 Å². The molecule has 1 aliphatic carbocycles. The lowest BCUT2D eigenvalue weighted by atomic mass is 9.33. The van der Waals surface area contributed by atoms with Gasteiger partial charge in [-0.05, 0) is 225 Å². The lowest BCUT2D eigenvalue weighted by molar-refractivity contribution is 0.332. The molecule has 10 aromatic carbocycles. The monoisotopic (exact) mass is 1210 g/mol. The molecule has 92 heavy (non-hydrogen) atoms. The normalized spacial score (nSPS) is 15.1. The first-order valence-electron chi connectivity index (χ1n) is 33.9. The summed E-state index contributed by atoms with van der Waals surface area (Å²) in [4.78, 5) is 7.99. The molecule has 3 aliphatic rings. The highest BCUT2D eigenvalue weighted by molar-refractivity contribution is 7.00. The van der Waals surface area contributed by atoms with Crippen LogP contribution in [0.2, 0.25) is 0 Å². The van der Waals surface area contributed by atoms with Crippen molar-refractivity contribution in [2.75, 3.05) is 14.7 Å². The molecule has 0 aromatic heterocycles. The van der Waals surface area contributed by atoms with Crippen LogP contribution in [-0.2, 0) is 37.9 Å². The first-order valence-corrected chi connectivity index (χ1v) is 33.9. The van der Waals surface area contributed by atoms with Crippen molar-refractivity contribution in [2.45, 2.75) is 182 Å². The van der Waals surface area contributed by atoms with E-state index in [9.17, 15) is 0 Å². The molecule has 3 nitrogen and oxygen atoms in total. The van der Waals surface area contributed by atoms with Crippen molar-refractivity contribution in [3.05, 3.63) is 251 Å². The number of rotatable bonds is 8. The Balaban J connectivity index is 1.23. The van der Waals surface area contributed by atoms with Gasteiger partial charge in [-0.25, -0.2) is 0 Å². The van der Waals surface area contributed by atoms with E-state index in [1.165, 1.54) is 111 Å². The third kappa shape index (κ3) is 11.3. The Morgan fingerprint density at radius 1 is 0.315 bits per heavy atom. The van der Waals surface area contributed by atoms with Gasteiger partial charge in [0.25, 0.3) is 6.71 Å². The molecular formula is C88H96BN3. The fraction of sp³-hybridized carbons (Fsp3) is 0.318. The van der Waals surface area contributed by atoms with Gasteiger partial charge < -0.3 is 14.7 Å². The molecular weight excluding hydrogens is 1110 g/mol. The second-order valence-electron chi connectivity index (χ2n) is 33.5. The first-order chi connectivity index (χ1) is 43.2. The SMILES string of the molecule is CC(C)(C)c1cccc(N(c2cccc(C(C)(C)C)c2)c2cc3c4c(c2)N(c2ccc(C(C)(C)C)cc2-c2cc(-c5ccccc5)cc(-c5ccccc5)c2)c2cc5c(cc2B4c2ccc(C(C)(C)C)cc2N3c2cccc(C(C)(C)C)c2)C(C)(C)CCC5(C)C)c1. The lowest BCUT2D eigenvalue weighted by Gasteiger charge is -2.48. The van der Waals surface area contributed by atoms with Crippen LogP contribution in [0.4, 0.5) is 51.2 Å². The van der Waals surface area contributed by atoms with Crippen molar-refractivity contribution in [3.63, 3.8) is 0 Å². The smallest absolute Gasteiger partial charge is 0.252 e. The van der Waals surface area contributed by atoms with Crippen LogP contribution in [0, 0.1) is 0 Å². The minimum absolute atomic E-state index is 0.0420. The Hall–Kier alpha value is -8.34. The Kier molecular flexibility index (Phi) is 15.1. The molecule has 2 heterocycles. The molecule has 466 valence electrons. The van der Waals surface area contributed by atoms with Crippen LogP contribution in [0.5, 0.6) is 0 Å². The highest BCUT2D eigenvalue weighted by atomic mass is 15.2. The number of benzene rings is 10. The molecule has 0 spiro atoms. The molecule has 2 aliphatic heterocycles. The first kappa shape index (κ1) is 62.5. The van der Waals surface area contributed by atoms with Gasteiger partial charge in [0.15, 0.2) is 0 Å². The third-order valence-electron chi connectivity index (χ3n) is 20.6. The molecule has 13 rings (SSSR count). The molecule has 0 fully saturated rings. The van der Waals surface area contributed by atoms with Crippen molar-refractivity contribution in [3.8, 4) is 33.4 Å². The third-order valence-corrected chi connectivity index (χ3v) is 20.6. The van der Waals surface area contributed by atoms with Gasteiger partial charge in [-0.15, -0.1) is 0 Å². The largest absolute Gasteiger partial charge is 0.311 e. The van der Waals surface area contributed by atoms with Crippen LogP contribution in [0.25, 0.3) is 33.4 Å².